The number of amides is 1. The molecule has 0 unspecified atom stereocenters. The molecule has 2 rings (SSSR count). The van der Waals surface area contributed by atoms with Gasteiger partial charge in [0.2, 0.25) is 5.91 Å². The van der Waals surface area contributed by atoms with Gasteiger partial charge in [0.25, 0.3) is 0 Å². The number of nitrogens with one attached hydrogen (secondary N) is 1. The molecule has 0 atom stereocenters. The van der Waals surface area contributed by atoms with Crippen molar-refractivity contribution >= 4 is 27.1 Å². The lowest BCUT2D eigenvalue weighted by Crippen LogP contribution is -2.35. The van der Waals surface area contributed by atoms with Crippen molar-refractivity contribution in [2.45, 2.75) is 37.6 Å². The number of carbonyl (C=O) groups is 1. The summed E-state index contributed by atoms with van der Waals surface area (Å²) in [7, 11) is -3.39. The molecule has 0 aromatic heterocycles. The molecule has 1 aromatic rings. The Morgan fingerprint density at radius 3 is 2.60 bits per heavy atom. The predicted molar refractivity (Wildman–Crippen MR) is 79.9 cm³/mol. The first-order chi connectivity index (χ1) is 9.30. The van der Waals surface area contributed by atoms with Crippen LogP contribution in [0.25, 0.3) is 0 Å². The highest BCUT2D eigenvalue weighted by atomic mass is 32.2. The van der Waals surface area contributed by atoms with Crippen LogP contribution in [0.15, 0.2) is 23.1 Å². The highest BCUT2D eigenvalue weighted by molar-refractivity contribution is 7.90. The second-order valence-corrected chi connectivity index (χ2v) is 7.35. The van der Waals surface area contributed by atoms with Crippen LogP contribution in [0.2, 0.25) is 0 Å². The average molecular weight is 296 g/mol. The summed E-state index contributed by atoms with van der Waals surface area (Å²) in [6.45, 7) is 4.85. The minimum Gasteiger partial charge on any atom is -0.367 e. The average Bonchev–Trinajstić information content (AvgIpc) is 2.31. The number of hydrogen-bond acceptors (Lipinski definition) is 4. The van der Waals surface area contributed by atoms with E-state index in [4.69, 9.17) is 0 Å². The molecule has 0 spiro atoms. The van der Waals surface area contributed by atoms with E-state index in [-0.39, 0.29) is 16.8 Å². The van der Waals surface area contributed by atoms with Crippen molar-refractivity contribution < 1.29 is 13.2 Å². The Kier molecular flexibility index (Phi) is 4.04. The van der Waals surface area contributed by atoms with Gasteiger partial charge in [-0.2, -0.15) is 0 Å². The van der Waals surface area contributed by atoms with Gasteiger partial charge in [0.05, 0.1) is 16.3 Å². The fraction of sp³-hybridized carbons (Fsp3) is 0.500. The normalized spacial score (nSPS) is 16.4. The summed E-state index contributed by atoms with van der Waals surface area (Å²) in [5.74, 6) is -0.134. The van der Waals surface area contributed by atoms with E-state index in [1.807, 2.05) is 6.07 Å². The van der Waals surface area contributed by atoms with Gasteiger partial charge in [-0.05, 0) is 32.4 Å². The second kappa shape index (κ2) is 5.44. The van der Waals surface area contributed by atoms with Gasteiger partial charge in [0.15, 0.2) is 9.84 Å². The third-order valence-corrected chi connectivity index (χ3v) is 4.54. The van der Waals surface area contributed by atoms with Crippen LogP contribution in [-0.4, -0.2) is 33.2 Å². The SMILES string of the molecule is CC(C)N1CCCC(=O)Nc2c1cccc2S(C)(=O)=O. The molecule has 1 amide bonds. The molecule has 1 heterocycles. The van der Waals surface area contributed by atoms with Crippen molar-refractivity contribution in [3.63, 3.8) is 0 Å². The molecule has 5 nitrogen and oxygen atoms in total. The molecule has 0 saturated carbocycles. The maximum Gasteiger partial charge on any atom is 0.224 e. The number of hydrogen-bond donors (Lipinski definition) is 1. The molecule has 6 heteroatoms. The van der Waals surface area contributed by atoms with Crippen molar-refractivity contribution in [2.24, 2.45) is 0 Å². The predicted octanol–water partition coefficient (Wildman–Crippen LogP) is 2.04. The quantitative estimate of drug-likeness (QED) is 0.907. The molecule has 1 aliphatic rings. The summed E-state index contributed by atoms with van der Waals surface area (Å²) in [5, 5.41) is 2.76. The van der Waals surface area contributed by atoms with Crippen LogP contribution < -0.4 is 10.2 Å². The van der Waals surface area contributed by atoms with Crippen LogP contribution in [0, 0.1) is 0 Å². The van der Waals surface area contributed by atoms with Gasteiger partial charge >= 0.3 is 0 Å². The van der Waals surface area contributed by atoms with E-state index < -0.39 is 9.84 Å². The van der Waals surface area contributed by atoms with Crippen molar-refractivity contribution in [3.05, 3.63) is 18.2 Å². The zero-order valence-electron chi connectivity index (χ0n) is 12.0. The zero-order valence-corrected chi connectivity index (χ0v) is 12.8. The smallest absolute Gasteiger partial charge is 0.224 e. The lowest BCUT2D eigenvalue weighted by molar-refractivity contribution is -0.116. The fourth-order valence-corrected chi connectivity index (χ4v) is 3.31. The van der Waals surface area contributed by atoms with Gasteiger partial charge in [0.1, 0.15) is 0 Å². The lowest BCUT2D eigenvalue weighted by atomic mass is 10.1. The van der Waals surface area contributed by atoms with Crippen LogP contribution in [0.5, 0.6) is 0 Å². The number of carbonyl (C=O) groups excluding carboxylic acids is 1. The van der Waals surface area contributed by atoms with Gasteiger partial charge in [-0.1, -0.05) is 6.07 Å². The molecule has 0 saturated heterocycles. The van der Waals surface area contributed by atoms with Crippen molar-refractivity contribution in [3.8, 4) is 0 Å². The number of sulfone groups is 1. The van der Waals surface area contributed by atoms with E-state index in [0.29, 0.717) is 12.1 Å². The molecule has 20 heavy (non-hydrogen) atoms. The van der Waals surface area contributed by atoms with E-state index in [9.17, 15) is 13.2 Å². The van der Waals surface area contributed by atoms with Gasteiger partial charge in [0, 0.05) is 25.3 Å². The number of rotatable bonds is 2. The highest BCUT2D eigenvalue weighted by Crippen LogP contribution is 2.35. The molecule has 1 aliphatic heterocycles. The standard InChI is InChI=1S/C14H20N2O3S/c1-10(2)16-9-5-8-13(17)15-14-11(16)6-4-7-12(14)20(3,18)19/h4,6-7,10H,5,8-9H2,1-3H3,(H,15,17). The zero-order chi connectivity index (χ0) is 14.9. The Labute approximate surface area is 119 Å². The summed E-state index contributed by atoms with van der Waals surface area (Å²) in [6, 6.07) is 5.35. The summed E-state index contributed by atoms with van der Waals surface area (Å²) in [5.41, 5.74) is 1.18. The molecule has 0 radical (unpaired) electrons. The third-order valence-electron chi connectivity index (χ3n) is 3.40. The molecule has 0 bridgehead atoms. The molecule has 0 aliphatic carbocycles. The summed E-state index contributed by atoms with van der Waals surface area (Å²) >= 11 is 0. The van der Waals surface area contributed by atoms with Gasteiger partial charge in [-0.25, -0.2) is 8.42 Å². The third kappa shape index (κ3) is 2.95. The van der Waals surface area contributed by atoms with Crippen LogP contribution in [0.1, 0.15) is 26.7 Å². The number of para-hydroxylation sites is 1. The maximum atomic E-state index is 11.9. The number of fused-ring (bicyclic) bond motifs is 1. The topological polar surface area (TPSA) is 66.5 Å². The van der Waals surface area contributed by atoms with Crippen LogP contribution in [-0.2, 0) is 14.6 Å². The van der Waals surface area contributed by atoms with Gasteiger partial charge in [-0.15, -0.1) is 0 Å². The molecular weight excluding hydrogens is 276 g/mol. The maximum absolute atomic E-state index is 11.9. The molecule has 1 aromatic carbocycles. The van der Waals surface area contributed by atoms with Gasteiger partial charge < -0.3 is 10.2 Å². The largest absolute Gasteiger partial charge is 0.367 e. The van der Waals surface area contributed by atoms with Crippen molar-refractivity contribution in [1.29, 1.82) is 0 Å². The fourth-order valence-electron chi connectivity index (χ4n) is 2.46. The monoisotopic (exact) mass is 296 g/mol. The van der Waals surface area contributed by atoms with E-state index >= 15 is 0 Å². The Balaban J connectivity index is 2.65. The minimum atomic E-state index is -3.39. The van der Waals surface area contributed by atoms with Crippen LogP contribution >= 0.6 is 0 Å². The Bertz CT molecular complexity index is 623. The first kappa shape index (κ1) is 14.8. The summed E-state index contributed by atoms with van der Waals surface area (Å²) < 4.78 is 23.8. The molecular formula is C14H20N2O3S. The minimum absolute atomic E-state index is 0.134. The van der Waals surface area contributed by atoms with Crippen molar-refractivity contribution in [1.82, 2.24) is 0 Å². The first-order valence-electron chi connectivity index (χ1n) is 6.70. The lowest BCUT2D eigenvalue weighted by Gasteiger charge is -2.33. The van der Waals surface area contributed by atoms with Gasteiger partial charge in [-0.3, -0.25) is 4.79 Å². The number of nitrogens with zero attached hydrogens (tertiary/aromatic N) is 1. The number of anilines is 2. The Morgan fingerprint density at radius 2 is 2.00 bits per heavy atom. The molecule has 110 valence electrons. The van der Waals surface area contributed by atoms with E-state index in [1.165, 1.54) is 6.07 Å². The van der Waals surface area contributed by atoms with Crippen LogP contribution in [0.4, 0.5) is 11.4 Å². The molecule has 1 N–H and O–H groups in total. The number of benzene rings is 1. The van der Waals surface area contributed by atoms with E-state index in [0.717, 1.165) is 24.9 Å². The summed E-state index contributed by atoms with van der Waals surface area (Å²) in [4.78, 5) is 14.1. The first-order valence-corrected chi connectivity index (χ1v) is 8.59. The van der Waals surface area contributed by atoms with E-state index in [1.54, 1.807) is 6.07 Å². The molecule has 0 fully saturated rings. The summed E-state index contributed by atoms with van der Waals surface area (Å²) in [6.07, 6.45) is 2.32. The Hall–Kier alpha value is -1.56. The van der Waals surface area contributed by atoms with Crippen molar-refractivity contribution in [2.75, 3.05) is 23.0 Å². The highest BCUT2D eigenvalue weighted by Gasteiger charge is 2.24. The second-order valence-electron chi connectivity index (χ2n) is 5.36. The van der Waals surface area contributed by atoms with E-state index in [2.05, 4.69) is 24.1 Å². The van der Waals surface area contributed by atoms with Crippen LogP contribution in [0.3, 0.4) is 0 Å². The Morgan fingerprint density at radius 1 is 1.30 bits per heavy atom.